The highest BCUT2D eigenvalue weighted by Gasteiger charge is 2.24. The summed E-state index contributed by atoms with van der Waals surface area (Å²) in [4.78, 5) is 11.7. The molecular weight excluding hydrogens is 308 g/mol. The minimum absolute atomic E-state index is 0.519. The Balaban J connectivity index is 1.72. The number of hydrogen-bond acceptors (Lipinski definition) is 5. The Hall–Kier alpha value is -2.69. The van der Waals surface area contributed by atoms with E-state index in [0.717, 1.165) is 46.6 Å². The van der Waals surface area contributed by atoms with Gasteiger partial charge in [0.05, 0.1) is 20.3 Å². The molecule has 5 heteroatoms. The van der Waals surface area contributed by atoms with E-state index in [1.807, 2.05) is 36.4 Å². The zero-order valence-corrected chi connectivity index (χ0v) is 13.4. The van der Waals surface area contributed by atoms with Gasteiger partial charge in [-0.25, -0.2) is 4.79 Å². The van der Waals surface area contributed by atoms with Gasteiger partial charge in [0.1, 0.15) is 11.5 Å². The van der Waals surface area contributed by atoms with Crippen LogP contribution in [0.5, 0.6) is 11.5 Å². The van der Waals surface area contributed by atoms with E-state index in [4.69, 9.17) is 18.9 Å². The van der Waals surface area contributed by atoms with Gasteiger partial charge >= 0.3 is 6.16 Å². The largest absolute Gasteiger partial charge is 0.508 e. The van der Waals surface area contributed by atoms with Crippen LogP contribution in [0, 0.1) is 0 Å². The predicted octanol–water partition coefficient (Wildman–Crippen LogP) is 3.43. The van der Waals surface area contributed by atoms with E-state index in [1.54, 1.807) is 0 Å². The first kappa shape index (κ1) is 14.9. The highest BCUT2D eigenvalue weighted by molar-refractivity contribution is 5.61. The van der Waals surface area contributed by atoms with Gasteiger partial charge in [-0.2, -0.15) is 0 Å². The van der Waals surface area contributed by atoms with Crippen LogP contribution in [-0.4, -0.2) is 26.5 Å². The summed E-state index contributed by atoms with van der Waals surface area (Å²) in [5, 5.41) is 0. The van der Waals surface area contributed by atoms with Crippen molar-refractivity contribution in [3.05, 3.63) is 58.7 Å². The molecule has 2 aromatic carbocycles. The van der Waals surface area contributed by atoms with Crippen molar-refractivity contribution < 1.29 is 23.7 Å². The van der Waals surface area contributed by atoms with Gasteiger partial charge in [0.25, 0.3) is 0 Å². The van der Waals surface area contributed by atoms with Gasteiger partial charge in [0.15, 0.2) is 6.10 Å². The number of rotatable bonds is 3. The molecule has 2 aromatic rings. The monoisotopic (exact) mass is 326 g/mol. The third kappa shape index (κ3) is 2.66. The summed E-state index contributed by atoms with van der Waals surface area (Å²) in [5.41, 5.74) is 4.08. The fraction of sp³-hybridized carbons (Fsp3) is 0.316. The van der Waals surface area contributed by atoms with Crippen molar-refractivity contribution in [3.8, 4) is 11.5 Å². The van der Waals surface area contributed by atoms with Crippen molar-refractivity contribution in [2.45, 2.75) is 18.9 Å². The van der Waals surface area contributed by atoms with Crippen LogP contribution in [0.15, 0.2) is 36.4 Å². The molecule has 0 amide bonds. The summed E-state index contributed by atoms with van der Waals surface area (Å²) in [7, 11) is 1.31. The molecule has 0 bridgehead atoms. The molecule has 0 N–H and O–H groups in total. The van der Waals surface area contributed by atoms with Crippen LogP contribution in [0.2, 0.25) is 0 Å². The van der Waals surface area contributed by atoms with Gasteiger partial charge in [-0.05, 0) is 46.5 Å². The lowest BCUT2D eigenvalue weighted by Gasteiger charge is -2.19. The number of carbonyl (C=O) groups is 1. The Morgan fingerprint density at radius 3 is 2.00 bits per heavy atom. The number of benzene rings is 2. The van der Waals surface area contributed by atoms with Gasteiger partial charge in [-0.3, -0.25) is 0 Å². The molecule has 0 atom stereocenters. The van der Waals surface area contributed by atoms with Gasteiger partial charge in [-0.15, -0.1) is 0 Å². The third-order valence-electron chi connectivity index (χ3n) is 4.41. The Labute approximate surface area is 140 Å². The maximum absolute atomic E-state index is 11.7. The van der Waals surface area contributed by atoms with Crippen LogP contribution in [0.25, 0.3) is 0 Å². The number of methoxy groups -OCH3 is 1. The first-order valence-corrected chi connectivity index (χ1v) is 8.00. The van der Waals surface area contributed by atoms with E-state index < -0.39 is 12.3 Å². The normalized spacial score (nSPS) is 14.6. The summed E-state index contributed by atoms with van der Waals surface area (Å²) >= 11 is 0. The molecule has 0 saturated carbocycles. The highest BCUT2D eigenvalue weighted by atomic mass is 16.7. The van der Waals surface area contributed by atoms with Crippen molar-refractivity contribution in [1.82, 2.24) is 0 Å². The quantitative estimate of drug-likeness (QED) is 0.809. The number of ether oxygens (including phenoxy) is 4. The minimum atomic E-state index is -0.700. The van der Waals surface area contributed by atoms with Crippen molar-refractivity contribution in [1.29, 1.82) is 0 Å². The van der Waals surface area contributed by atoms with Gasteiger partial charge in [0, 0.05) is 12.8 Å². The summed E-state index contributed by atoms with van der Waals surface area (Å²) in [6.45, 7) is 1.38. The zero-order valence-electron chi connectivity index (χ0n) is 13.4. The highest BCUT2D eigenvalue weighted by Crippen LogP contribution is 2.35. The maximum Gasteiger partial charge on any atom is 0.508 e. The lowest BCUT2D eigenvalue weighted by molar-refractivity contribution is 0.0497. The second-order valence-corrected chi connectivity index (χ2v) is 5.88. The average Bonchev–Trinajstić information content (AvgIpc) is 3.26. The molecule has 0 spiro atoms. The molecule has 0 aromatic heterocycles. The molecule has 5 nitrogen and oxygen atoms in total. The Morgan fingerprint density at radius 1 is 0.958 bits per heavy atom. The van der Waals surface area contributed by atoms with E-state index in [0.29, 0.717) is 13.2 Å². The van der Waals surface area contributed by atoms with E-state index in [-0.39, 0.29) is 0 Å². The van der Waals surface area contributed by atoms with Crippen LogP contribution in [-0.2, 0) is 22.3 Å². The number of carbonyl (C=O) groups excluding carboxylic acids is 1. The van der Waals surface area contributed by atoms with Crippen molar-refractivity contribution in [3.63, 3.8) is 0 Å². The van der Waals surface area contributed by atoms with Crippen molar-refractivity contribution in [2.24, 2.45) is 0 Å². The van der Waals surface area contributed by atoms with Crippen LogP contribution < -0.4 is 9.47 Å². The molecule has 2 aliphatic heterocycles. The van der Waals surface area contributed by atoms with E-state index >= 15 is 0 Å². The zero-order chi connectivity index (χ0) is 16.5. The molecule has 4 rings (SSSR count). The smallest absolute Gasteiger partial charge is 0.493 e. The third-order valence-corrected chi connectivity index (χ3v) is 4.41. The minimum Gasteiger partial charge on any atom is -0.493 e. The molecule has 0 aliphatic carbocycles. The molecule has 124 valence electrons. The first-order chi connectivity index (χ1) is 11.7. The Morgan fingerprint density at radius 2 is 1.50 bits per heavy atom. The molecule has 0 saturated heterocycles. The van der Waals surface area contributed by atoms with E-state index in [1.165, 1.54) is 7.11 Å². The average molecular weight is 326 g/mol. The van der Waals surface area contributed by atoms with Crippen LogP contribution in [0.3, 0.4) is 0 Å². The lowest BCUT2D eigenvalue weighted by atomic mass is 9.97. The molecule has 2 heterocycles. The van der Waals surface area contributed by atoms with Crippen LogP contribution in [0.4, 0.5) is 4.79 Å². The Kier molecular flexibility index (Phi) is 3.76. The van der Waals surface area contributed by atoms with Crippen LogP contribution in [0.1, 0.15) is 28.4 Å². The van der Waals surface area contributed by atoms with Crippen molar-refractivity contribution in [2.75, 3.05) is 20.3 Å². The topological polar surface area (TPSA) is 54.0 Å². The van der Waals surface area contributed by atoms with Gasteiger partial charge in [-0.1, -0.05) is 12.1 Å². The fourth-order valence-electron chi connectivity index (χ4n) is 3.21. The molecule has 24 heavy (non-hydrogen) atoms. The summed E-state index contributed by atoms with van der Waals surface area (Å²) in [6, 6.07) is 11.8. The fourth-order valence-corrected chi connectivity index (χ4v) is 3.21. The number of fused-ring (bicyclic) bond motifs is 2. The number of hydrogen-bond donors (Lipinski definition) is 0. The van der Waals surface area contributed by atoms with Crippen molar-refractivity contribution >= 4 is 6.16 Å². The maximum atomic E-state index is 11.7. The molecule has 0 fully saturated rings. The molecule has 2 aliphatic rings. The SMILES string of the molecule is COC(=O)OC(c1ccc2c(c1)CCO2)c1ccc2c(c1)CCO2. The van der Waals surface area contributed by atoms with Gasteiger partial charge in [0.2, 0.25) is 0 Å². The lowest BCUT2D eigenvalue weighted by Crippen LogP contribution is -2.13. The standard InChI is InChI=1S/C19H18O5/c1-21-19(20)24-18(14-2-4-16-12(10-14)6-8-22-16)15-3-5-17-13(11-15)7-9-23-17/h2-5,10-11,18H,6-9H2,1H3. The van der Waals surface area contributed by atoms with Crippen LogP contribution >= 0.6 is 0 Å². The second kappa shape index (κ2) is 6.07. The summed E-state index contributed by atoms with van der Waals surface area (Å²) in [5.74, 6) is 1.80. The summed E-state index contributed by atoms with van der Waals surface area (Å²) in [6.07, 6.45) is 0.515. The second-order valence-electron chi connectivity index (χ2n) is 5.88. The van der Waals surface area contributed by atoms with Gasteiger partial charge < -0.3 is 18.9 Å². The van der Waals surface area contributed by atoms with E-state index in [2.05, 4.69) is 0 Å². The first-order valence-electron chi connectivity index (χ1n) is 8.00. The van der Waals surface area contributed by atoms with E-state index in [9.17, 15) is 4.79 Å². The molecular formula is C19H18O5. The predicted molar refractivity (Wildman–Crippen MR) is 86.6 cm³/mol. The summed E-state index contributed by atoms with van der Waals surface area (Å²) < 4.78 is 21.4. The molecule has 0 unspecified atom stereocenters. The Bertz CT molecular complexity index is 726. The molecule has 0 radical (unpaired) electrons.